The predicted octanol–water partition coefficient (Wildman–Crippen LogP) is 0.521. The Hall–Kier alpha value is -1.11. The van der Waals surface area contributed by atoms with E-state index in [0.29, 0.717) is 6.42 Å². The highest BCUT2D eigenvalue weighted by Gasteiger charge is 2.42. The summed E-state index contributed by atoms with van der Waals surface area (Å²) in [5, 5.41) is 8.80. The highest BCUT2D eigenvalue weighted by Crippen LogP contribution is 2.20. The zero-order valence-corrected chi connectivity index (χ0v) is 12.2. The molecule has 1 N–H and O–H groups in total. The van der Waals surface area contributed by atoms with E-state index in [1.54, 1.807) is 13.8 Å². The number of rotatable bonds is 6. The van der Waals surface area contributed by atoms with E-state index in [2.05, 4.69) is 0 Å². The second-order valence-electron chi connectivity index (χ2n) is 4.87. The molecule has 0 aliphatic heterocycles. The molecule has 7 heteroatoms. The van der Waals surface area contributed by atoms with Gasteiger partial charge in [0.1, 0.15) is 11.3 Å². The van der Waals surface area contributed by atoms with E-state index >= 15 is 0 Å². The van der Waals surface area contributed by atoms with Gasteiger partial charge in [0.2, 0.25) is 5.91 Å². The molecule has 6 nitrogen and oxygen atoms in total. The molecule has 0 aliphatic rings. The second-order valence-corrected chi connectivity index (χ2v) is 7.43. The topological polar surface area (TPSA) is 91.8 Å². The second kappa shape index (κ2) is 5.69. The van der Waals surface area contributed by atoms with Gasteiger partial charge in [0.25, 0.3) is 0 Å². The number of aliphatic carboxylic acids is 1. The van der Waals surface area contributed by atoms with Gasteiger partial charge in [0, 0.05) is 12.3 Å². The normalized spacial score (nSPS) is 14.1. The molecular formula is C11H21NO5S. The smallest absolute Gasteiger partial charge is 0.323 e. The van der Waals surface area contributed by atoms with Crippen molar-refractivity contribution in [1.82, 2.24) is 4.90 Å². The van der Waals surface area contributed by atoms with Gasteiger partial charge in [-0.2, -0.15) is 0 Å². The molecule has 0 fully saturated rings. The zero-order chi connectivity index (χ0) is 14.7. The minimum atomic E-state index is -3.61. The van der Waals surface area contributed by atoms with Crippen molar-refractivity contribution in [1.29, 1.82) is 0 Å². The maximum atomic E-state index is 12.2. The molecule has 0 aromatic heterocycles. The molecule has 18 heavy (non-hydrogen) atoms. The van der Waals surface area contributed by atoms with Gasteiger partial charge in [0.15, 0.2) is 9.84 Å². The highest BCUT2D eigenvalue weighted by molar-refractivity contribution is 7.92. The molecule has 0 saturated heterocycles. The lowest BCUT2D eigenvalue weighted by molar-refractivity contribution is -0.147. The van der Waals surface area contributed by atoms with Crippen LogP contribution in [0.3, 0.4) is 0 Å². The maximum Gasteiger partial charge on any atom is 0.323 e. The van der Waals surface area contributed by atoms with Crippen molar-refractivity contribution in [2.24, 2.45) is 0 Å². The summed E-state index contributed by atoms with van der Waals surface area (Å²) in [6.45, 7) is 5.59. The number of hydrogen-bond donors (Lipinski definition) is 1. The molecule has 1 amide bonds. The fourth-order valence-electron chi connectivity index (χ4n) is 1.30. The maximum absolute atomic E-state index is 12.2. The minimum absolute atomic E-state index is 0.324. The number of nitrogens with zero attached hydrogens (tertiary/aromatic N) is 1. The number of carboxylic acids is 1. The molecule has 0 rings (SSSR count). The van der Waals surface area contributed by atoms with Crippen molar-refractivity contribution in [3.05, 3.63) is 0 Å². The number of carbonyl (C=O) groups excluding carboxylic acids is 1. The summed E-state index contributed by atoms with van der Waals surface area (Å²) < 4.78 is 21.6. The number of carboxylic acid groups (broad SMARTS) is 1. The first kappa shape index (κ1) is 16.9. The van der Waals surface area contributed by atoms with E-state index in [-0.39, 0.29) is 6.04 Å². The van der Waals surface area contributed by atoms with Crippen LogP contribution >= 0.6 is 0 Å². The van der Waals surface area contributed by atoms with Gasteiger partial charge in [-0.05, 0) is 27.2 Å². The van der Waals surface area contributed by atoms with Crippen LogP contribution in [0.25, 0.3) is 0 Å². The third-order valence-corrected chi connectivity index (χ3v) is 5.16. The lowest BCUT2D eigenvalue weighted by atomic mass is 10.1. The molecule has 0 aliphatic carbocycles. The SMILES string of the molecule is CCC(C)N(CC(=O)O)C(=O)C(C)(C)S(C)(=O)=O. The van der Waals surface area contributed by atoms with Crippen LogP contribution in [-0.4, -0.2) is 53.9 Å². The van der Waals surface area contributed by atoms with Crippen LogP contribution in [0, 0.1) is 0 Å². The lowest BCUT2D eigenvalue weighted by Gasteiger charge is -2.33. The Morgan fingerprint density at radius 3 is 2.06 bits per heavy atom. The Morgan fingerprint density at radius 2 is 1.78 bits per heavy atom. The van der Waals surface area contributed by atoms with E-state index in [0.717, 1.165) is 11.2 Å². The fraction of sp³-hybridized carbons (Fsp3) is 0.818. The Labute approximate surface area is 108 Å². The van der Waals surface area contributed by atoms with Gasteiger partial charge in [0.05, 0.1) is 0 Å². The van der Waals surface area contributed by atoms with E-state index in [9.17, 15) is 18.0 Å². The summed E-state index contributed by atoms with van der Waals surface area (Å²) in [4.78, 5) is 24.1. The Morgan fingerprint density at radius 1 is 1.33 bits per heavy atom. The van der Waals surface area contributed by atoms with Gasteiger partial charge in [-0.25, -0.2) is 8.42 Å². The zero-order valence-electron chi connectivity index (χ0n) is 11.4. The van der Waals surface area contributed by atoms with Crippen LogP contribution in [0.4, 0.5) is 0 Å². The van der Waals surface area contributed by atoms with Crippen LogP contribution in [0.2, 0.25) is 0 Å². The van der Waals surface area contributed by atoms with Crippen LogP contribution in [0.15, 0.2) is 0 Å². The Bertz CT molecular complexity index is 427. The molecular weight excluding hydrogens is 258 g/mol. The lowest BCUT2D eigenvalue weighted by Crippen LogP contribution is -2.53. The molecule has 0 spiro atoms. The molecule has 0 bridgehead atoms. The summed E-state index contributed by atoms with van der Waals surface area (Å²) in [6, 6.07) is -0.324. The average molecular weight is 279 g/mol. The van der Waals surface area contributed by atoms with Crippen molar-refractivity contribution >= 4 is 21.7 Å². The van der Waals surface area contributed by atoms with Gasteiger partial charge in [-0.3, -0.25) is 9.59 Å². The standard InChI is InChI=1S/C11H21NO5S/c1-6-8(2)12(7-9(13)14)10(15)11(3,4)18(5,16)17/h8H,6-7H2,1-5H3,(H,13,14). The molecule has 0 heterocycles. The number of amides is 1. The quantitative estimate of drug-likeness (QED) is 0.765. The Balaban J connectivity index is 5.39. The van der Waals surface area contributed by atoms with E-state index in [4.69, 9.17) is 5.11 Å². The van der Waals surface area contributed by atoms with Gasteiger partial charge in [-0.15, -0.1) is 0 Å². The fourth-order valence-corrected chi connectivity index (χ4v) is 1.73. The van der Waals surface area contributed by atoms with Crippen molar-refractivity contribution in [3.63, 3.8) is 0 Å². The van der Waals surface area contributed by atoms with E-state index < -0.39 is 33.0 Å². The first-order chi connectivity index (χ1) is 7.95. The van der Waals surface area contributed by atoms with Gasteiger partial charge >= 0.3 is 5.97 Å². The first-order valence-electron chi connectivity index (χ1n) is 5.67. The van der Waals surface area contributed by atoms with Crippen molar-refractivity contribution in [2.45, 2.75) is 44.9 Å². The number of carbonyl (C=O) groups is 2. The molecule has 0 radical (unpaired) electrons. The van der Waals surface area contributed by atoms with Crippen LogP contribution in [0.5, 0.6) is 0 Å². The molecule has 106 valence electrons. The summed E-state index contributed by atoms with van der Waals surface area (Å²) in [5.41, 5.74) is 0. The van der Waals surface area contributed by atoms with Crippen molar-refractivity contribution < 1.29 is 23.1 Å². The van der Waals surface area contributed by atoms with Crippen molar-refractivity contribution in [2.75, 3.05) is 12.8 Å². The van der Waals surface area contributed by atoms with Gasteiger partial charge in [-0.1, -0.05) is 6.92 Å². The number of sulfone groups is 1. The summed E-state index contributed by atoms with van der Waals surface area (Å²) in [5.74, 6) is -1.84. The van der Waals surface area contributed by atoms with Gasteiger partial charge < -0.3 is 10.0 Å². The monoisotopic (exact) mass is 279 g/mol. The Kier molecular flexibility index (Phi) is 5.34. The molecule has 1 unspecified atom stereocenters. The summed E-state index contributed by atoms with van der Waals surface area (Å²) in [7, 11) is -3.61. The molecule has 0 aromatic carbocycles. The van der Waals surface area contributed by atoms with Crippen LogP contribution in [0.1, 0.15) is 34.1 Å². The van der Waals surface area contributed by atoms with Crippen LogP contribution in [-0.2, 0) is 19.4 Å². The average Bonchev–Trinajstić information content (AvgIpc) is 2.21. The first-order valence-corrected chi connectivity index (χ1v) is 7.56. The minimum Gasteiger partial charge on any atom is -0.480 e. The summed E-state index contributed by atoms with van der Waals surface area (Å²) >= 11 is 0. The highest BCUT2D eigenvalue weighted by atomic mass is 32.2. The number of hydrogen-bond acceptors (Lipinski definition) is 4. The molecule has 0 aromatic rings. The van der Waals surface area contributed by atoms with E-state index in [1.165, 1.54) is 13.8 Å². The third-order valence-electron chi connectivity index (χ3n) is 3.13. The molecule has 0 saturated carbocycles. The van der Waals surface area contributed by atoms with Crippen LogP contribution < -0.4 is 0 Å². The third kappa shape index (κ3) is 3.69. The largest absolute Gasteiger partial charge is 0.480 e. The summed E-state index contributed by atoms with van der Waals surface area (Å²) in [6.07, 6.45) is 1.53. The molecule has 1 atom stereocenters. The van der Waals surface area contributed by atoms with Crippen molar-refractivity contribution in [3.8, 4) is 0 Å². The van der Waals surface area contributed by atoms with E-state index in [1.807, 2.05) is 0 Å². The predicted molar refractivity (Wildman–Crippen MR) is 68.0 cm³/mol.